The predicted octanol–water partition coefficient (Wildman–Crippen LogP) is 1.68. The molecule has 3 heterocycles. The highest BCUT2D eigenvalue weighted by Gasteiger charge is 2.40. The number of nitrogens with two attached hydrogens (primary N) is 1. The van der Waals surface area contributed by atoms with Gasteiger partial charge in [0.2, 0.25) is 0 Å². The first-order valence-electron chi connectivity index (χ1n) is 5.98. The first kappa shape index (κ1) is 13.6. The minimum atomic E-state index is -4.63. The van der Waals surface area contributed by atoms with Crippen molar-refractivity contribution in [3.05, 3.63) is 35.8 Å². The van der Waals surface area contributed by atoms with E-state index in [1.165, 1.54) is 12.4 Å². The smallest absolute Gasteiger partial charge is 0.383 e. The molecule has 0 aliphatic carbocycles. The Hall–Kier alpha value is -2.42. The van der Waals surface area contributed by atoms with Gasteiger partial charge in [0.15, 0.2) is 5.69 Å². The van der Waals surface area contributed by atoms with Crippen molar-refractivity contribution in [3.63, 3.8) is 0 Å². The SMILES string of the molecule is Nc1c(C2=CCOC2)c(C(F)(F)F)nn1-c1ncccn1. The van der Waals surface area contributed by atoms with E-state index in [2.05, 4.69) is 15.1 Å². The predicted molar refractivity (Wildman–Crippen MR) is 67.4 cm³/mol. The second-order valence-electron chi connectivity index (χ2n) is 4.31. The van der Waals surface area contributed by atoms with Crippen LogP contribution in [0, 0.1) is 0 Å². The van der Waals surface area contributed by atoms with Gasteiger partial charge < -0.3 is 10.5 Å². The molecule has 1 aliphatic rings. The van der Waals surface area contributed by atoms with Gasteiger partial charge >= 0.3 is 6.18 Å². The number of nitrogens with zero attached hydrogens (tertiary/aromatic N) is 4. The number of anilines is 1. The fourth-order valence-electron chi connectivity index (χ4n) is 2.06. The first-order chi connectivity index (χ1) is 9.98. The number of ether oxygens (including phenoxy) is 1. The average molecular weight is 297 g/mol. The molecule has 0 radical (unpaired) electrons. The van der Waals surface area contributed by atoms with E-state index >= 15 is 0 Å². The van der Waals surface area contributed by atoms with Crippen molar-refractivity contribution < 1.29 is 17.9 Å². The zero-order valence-electron chi connectivity index (χ0n) is 10.6. The Morgan fingerprint density at radius 3 is 2.52 bits per heavy atom. The molecule has 3 rings (SSSR count). The number of nitrogen functional groups attached to an aromatic ring is 1. The second-order valence-corrected chi connectivity index (χ2v) is 4.31. The average Bonchev–Trinajstić information content (AvgIpc) is 3.06. The molecule has 0 atom stereocenters. The third kappa shape index (κ3) is 2.35. The standard InChI is InChI=1S/C12H10F3N5O/c13-12(14,15)9-8(7-2-5-21-6-7)10(16)20(19-9)11-17-3-1-4-18-11/h1-4H,5-6,16H2. The molecule has 0 bridgehead atoms. The normalized spacial score (nSPS) is 15.3. The van der Waals surface area contributed by atoms with Crippen molar-refractivity contribution in [1.82, 2.24) is 19.7 Å². The molecule has 0 saturated heterocycles. The van der Waals surface area contributed by atoms with Crippen molar-refractivity contribution >= 4 is 11.4 Å². The molecule has 110 valence electrons. The Labute approximate surface area is 117 Å². The van der Waals surface area contributed by atoms with Crippen molar-refractivity contribution in [1.29, 1.82) is 0 Å². The number of alkyl halides is 3. The molecule has 2 aromatic heterocycles. The van der Waals surface area contributed by atoms with Gasteiger partial charge in [0.25, 0.3) is 5.95 Å². The Bertz CT molecular complexity index is 693. The van der Waals surface area contributed by atoms with Crippen molar-refractivity contribution in [2.24, 2.45) is 0 Å². The summed E-state index contributed by atoms with van der Waals surface area (Å²) < 4.78 is 45.5. The largest absolute Gasteiger partial charge is 0.435 e. The monoisotopic (exact) mass is 297 g/mol. The van der Waals surface area contributed by atoms with Gasteiger partial charge in [0.05, 0.1) is 18.8 Å². The van der Waals surface area contributed by atoms with Crippen LogP contribution in [0.1, 0.15) is 11.3 Å². The lowest BCUT2D eigenvalue weighted by molar-refractivity contribution is -0.141. The summed E-state index contributed by atoms with van der Waals surface area (Å²) >= 11 is 0. The summed E-state index contributed by atoms with van der Waals surface area (Å²) in [6.07, 6.45) is -0.283. The van der Waals surface area contributed by atoms with Gasteiger partial charge in [0, 0.05) is 12.4 Å². The van der Waals surface area contributed by atoms with E-state index in [9.17, 15) is 13.2 Å². The maximum absolute atomic E-state index is 13.2. The van der Waals surface area contributed by atoms with Crippen molar-refractivity contribution in [2.45, 2.75) is 6.18 Å². The summed E-state index contributed by atoms with van der Waals surface area (Å²) in [6, 6.07) is 1.54. The van der Waals surface area contributed by atoms with E-state index in [4.69, 9.17) is 10.5 Å². The van der Waals surface area contributed by atoms with Crippen LogP contribution < -0.4 is 5.73 Å². The number of hydrogen-bond donors (Lipinski definition) is 1. The second kappa shape index (κ2) is 4.85. The third-order valence-electron chi connectivity index (χ3n) is 2.96. The minimum absolute atomic E-state index is 0.0220. The summed E-state index contributed by atoms with van der Waals surface area (Å²) in [5.41, 5.74) is 4.96. The van der Waals surface area contributed by atoms with Gasteiger partial charge in [-0.1, -0.05) is 6.08 Å². The molecule has 6 nitrogen and oxygen atoms in total. The molecule has 2 aromatic rings. The quantitative estimate of drug-likeness (QED) is 0.912. The van der Waals surface area contributed by atoms with E-state index < -0.39 is 11.9 Å². The first-order valence-corrected chi connectivity index (χ1v) is 5.98. The summed E-state index contributed by atoms with van der Waals surface area (Å²) in [7, 11) is 0. The highest BCUT2D eigenvalue weighted by molar-refractivity contribution is 5.77. The molecular formula is C12H10F3N5O. The Morgan fingerprint density at radius 2 is 1.95 bits per heavy atom. The fourth-order valence-corrected chi connectivity index (χ4v) is 2.06. The Kier molecular flexibility index (Phi) is 3.13. The number of halogens is 3. The van der Waals surface area contributed by atoms with Crippen LogP contribution in [0.5, 0.6) is 0 Å². The van der Waals surface area contributed by atoms with Crippen LogP contribution in [0.2, 0.25) is 0 Å². The lowest BCUT2D eigenvalue weighted by Crippen LogP contribution is -2.10. The van der Waals surface area contributed by atoms with Crippen molar-refractivity contribution in [2.75, 3.05) is 18.9 Å². The maximum Gasteiger partial charge on any atom is 0.435 e. The molecule has 9 heteroatoms. The molecular weight excluding hydrogens is 287 g/mol. The van der Waals surface area contributed by atoms with E-state index in [0.717, 1.165) is 4.68 Å². The number of aromatic nitrogens is 4. The maximum atomic E-state index is 13.2. The van der Waals surface area contributed by atoms with E-state index in [-0.39, 0.29) is 30.5 Å². The lowest BCUT2D eigenvalue weighted by Gasteiger charge is -2.06. The molecule has 21 heavy (non-hydrogen) atoms. The molecule has 2 N–H and O–H groups in total. The Morgan fingerprint density at radius 1 is 1.24 bits per heavy atom. The van der Waals surface area contributed by atoms with Crippen LogP contribution in [0.15, 0.2) is 24.5 Å². The van der Waals surface area contributed by atoms with Gasteiger partial charge in [-0.05, 0) is 11.6 Å². The highest BCUT2D eigenvalue weighted by Crippen LogP contribution is 2.38. The van der Waals surface area contributed by atoms with Crippen molar-refractivity contribution in [3.8, 4) is 5.95 Å². The summed E-state index contributed by atoms with van der Waals surface area (Å²) in [5, 5.41) is 3.54. The van der Waals surface area contributed by atoms with Crippen LogP contribution >= 0.6 is 0 Å². The molecule has 0 amide bonds. The van der Waals surface area contributed by atoms with E-state index in [0.29, 0.717) is 5.57 Å². The van der Waals surface area contributed by atoms with Crippen LogP contribution in [-0.4, -0.2) is 33.0 Å². The minimum Gasteiger partial charge on any atom is -0.383 e. The zero-order valence-corrected chi connectivity index (χ0v) is 10.6. The van der Waals surface area contributed by atoms with Gasteiger partial charge in [-0.15, -0.1) is 0 Å². The molecule has 0 spiro atoms. The van der Waals surface area contributed by atoms with E-state index in [1.54, 1.807) is 12.1 Å². The summed E-state index contributed by atoms with van der Waals surface area (Å²) in [5.74, 6) is -0.184. The van der Waals surface area contributed by atoms with Crippen LogP contribution in [0.4, 0.5) is 19.0 Å². The van der Waals surface area contributed by atoms with Gasteiger partial charge in [-0.2, -0.15) is 23.0 Å². The van der Waals surface area contributed by atoms with Crippen LogP contribution in [0.25, 0.3) is 11.5 Å². The number of rotatable bonds is 2. The summed E-state index contributed by atoms with van der Waals surface area (Å²) in [4.78, 5) is 7.73. The topological polar surface area (TPSA) is 78.9 Å². The molecule has 0 saturated carbocycles. The van der Waals surface area contributed by atoms with Gasteiger partial charge in [-0.3, -0.25) is 0 Å². The van der Waals surface area contributed by atoms with Gasteiger partial charge in [0.1, 0.15) is 5.82 Å². The lowest BCUT2D eigenvalue weighted by atomic mass is 10.1. The third-order valence-corrected chi connectivity index (χ3v) is 2.96. The fraction of sp³-hybridized carbons (Fsp3) is 0.250. The van der Waals surface area contributed by atoms with Crippen LogP contribution in [0.3, 0.4) is 0 Å². The molecule has 0 aromatic carbocycles. The Balaban J connectivity index is 2.21. The molecule has 1 aliphatic heterocycles. The molecule has 0 unspecified atom stereocenters. The van der Waals surface area contributed by atoms with E-state index in [1.807, 2.05) is 0 Å². The molecule has 0 fully saturated rings. The zero-order chi connectivity index (χ0) is 15.0. The van der Waals surface area contributed by atoms with Gasteiger partial charge in [-0.25, -0.2) is 9.97 Å². The highest BCUT2D eigenvalue weighted by atomic mass is 19.4. The summed E-state index contributed by atoms with van der Waals surface area (Å²) in [6.45, 7) is 0.313. The number of hydrogen-bond acceptors (Lipinski definition) is 5. The van der Waals surface area contributed by atoms with Crippen LogP contribution in [-0.2, 0) is 10.9 Å².